The van der Waals surface area contributed by atoms with Gasteiger partial charge in [0.05, 0.1) is 12.1 Å². The smallest absolute Gasteiger partial charge is 0.221 e. The van der Waals surface area contributed by atoms with Crippen molar-refractivity contribution in [2.24, 2.45) is 0 Å². The second kappa shape index (κ2) is 4.11. The van der Waals surface area contributed by atoms with Crippen molar-refractivity contribution in [3.63, 3.8) is 0 Å². The Morgan fingerprint density at radius 2 is 2.33 bits per heavy atom. The van der Waals surface area contributed by atoms with Gasteiger partial charge in [-0.25, -0.2) is 0 Å². The van der Waals surface area contributed by atoms with Crippen LogP contribution in [0.15, 0.2) is 29.2 Å². The van der Waals surface area contributed by atoms with Crippen LogP contribution < -0.4 is 5.32 Å². The lowest BCUT2D eigenvalue weighted by atomic mass is 10.3. The zero-order chi connectivity index (χ0) is 8.97. The van der Waals surface area contributed by atoms with Gasteiger partial charge in [0.25, 0.3) is 0 Å². The van der Waals surface area contributed by atoms with Gasteiger partial charge in [0.2, 0.25) is 5.91 Å². The van der Waals surface area contributed by atoms with Gasteiger partial charge in [-0.2, -0.15) is 3.89 Å². The Kier molecular flexibility index (Phi) is 3.10. The molecule has 0 spiro atoms. The lowest BCUT2D eigenvalue weighted by Gasteiger charge is -2.01. The van der Waals surface area contributed by atoms with Gasteiger partial charge in [-0.15, -0.1) is 0 Å². The molecule has 1 N–H and O–H groups in total. The lowest BCUT2D eigenvalue weighted by molar-refractivity contribution is -0.114. The number of anilines is 1. The fraction of sp³-hybridized carbons (Fsp3) is 0.125. The molecule has 0 radical (unpaired) electrons. The van der Waals surface area contributed by atoms with Crippen molar-refractivity contribution >= 4 is 23.7 Å². The molecule has 12 heavy (non-hydrogen) atoms. The van der Waals surface area contributed by atoms with E-state index in [4.69, 9.17) is 0 Å². The standard InChI is InChI=1S/C8H8FNOS/c1-6(11)10-7-3-2-4-8(5-7)12-9/h2-5H,1H3,(H,10,11). The molecule has 0 saturated carbocycles. The van der Waals surface area contributed by atoms with Crippen LogP contribution >= 0.6 is 12.1 Å². The van der Waals surface area contributed by atoms with Crippen LogP contribution in [0.3, 0.4) is 0 Å². The molecule has 1 rings (SSSR count). The number of nitrogens with one attached hydrogen (secondary N) is 1. The zero-order valence-electron chi connectivity index (χ0n) is 6.50. The molecular weight excluding hydrogens is 177 g/mol. The summed E-state index contributed by atoms with van der Waals surface area (Å²) in [7, 11) is 0. The first kappa shape index (κ1) is 9.06. The summed E-state index contributed by atoms with van der Waals surface area (Å²) >= 11 is 0.159. The van der Waals surface area contributed by atoms with E-state index in [9.17, 15) is 8.68 Å². The summed E-state index contributed by atoms with van der Waals surface area (Å²) in [5.41, 5.74) is 0.616. The van der Waals surface area contributed by atoms with Gasteiger partial charge in [0, 0.05) is 17.5 Å². The SMILES string of the molecule is CC(=O)Nc1cccc(SF)c1. The van der Waals surface area contributed by atoms with Crippen molar-refractivity contribution < 1.29 is 8.68 Å². The van der Waals surface area contributed by atoms with E-state index in [-0.39, 0.29) is 18.1 Å². The number of benzene rings is 1. The number of rotatable bonds is 2. The fourth-order valence-electron chi connectivity index (χ4n) is 0.825. The predicted octanol–water partition coefficient (Wildman–Crippen LogP) is 2.62. The molecule has 0 atom stereocenters. The quantitative estimate of drug-likeness (QED) is 0.767. The maximum absolute atomic E-state index is 12.0. The lowest BCUT2D eigenvalue weighted by Crippen LogP contribution is -2.05. The van der Waals surface area contributed by atoms with E-state index in [2.05, 4.69) is 5.32 Å². The minimum Gasteiger partial charge on any atom is -0.326 e. The van der Waals surface area contributed by atoms with Gasteiger partial charge in [-0.1, -0.05) is 6.07 Å². The first-order valence-electron chi connectivity index (χ1n) is 3.38. The number of carbonyl (C=O) groups is 1. The molecule has 0 aromatic heterocycles. The average Bonchev–Trinajstić information content (AvgIpc) is 2.03. The fourth-order valence-corrected chi connectivity index (χ4v) is 1.13. The highest BCUT2D eigenvalue weighted by Crippen LogP contribution is 2.21. The molecule has 0 saturated heterocycles. The topological polar surface area (TPSA) is 29.1 Å². The van der Waals surface area contributed by atoms with E-state index in [1.54, 1.807) is 24.3 Å². The van der Waals surface area contributed by atoms with E-state index in [0.717, 1.165) is 0 Å². The minimum atomic E-state index is -0.156. The molecule has 0 aliphatic rings. The van der Waals surface area contributed by atoms with E-state index < -0.39 is 0 Å². The summed E-state index contributed by atoms with van der Waals surface area (Å²) in [6, 6.07) is 6.61. The van der Waals surface area contributed by atoms with E-state index in [1.165, 1.54) is 6.92 Å². The number of hydrogen-bond donors (Lipinski definition) is 1. The van der Waals surface area contributed by atoms with E-state index in [0.29, 0.717) is 10.6 Å². The zero-order valence-corrected chi connectivity index (χ0v) is 7.32. The summed E-state index contributed by atoms with van der Waals surface area (Å²) in [5, 5.41) is 2.56. The molecule has 0 heterocycles. The molecule has 0 fully saturated rings. The number of hydrogen-bond acceptors (Lipinski definition) is 2. The molecule has 0 unspecified atom stereocenters. The van der Waals surface area contributed by atoms with Crippen LogP contribution in [0, 0.1) is 0 Å². The predicted molar refractivity (Wildman–Crippen MR) is 47.7 cm³/mol. The molecule has 1 aromatic carbocycles. The molecule has 0 aliphatic carbocycles. The molecule has 4 heteroatoms. The van der Waals surface area contributed by atoms with E-state index in [1.807, 2.05) is 0 Å². The van der Waals surface area contributed by atoms with E-state index >= 15 is 0 Å². The number of halogens is 1. The summed E-state index contributed by atoms with van der Waals surface area (Å²) in [5.74, 6) is -0.156. The first-order valence-corrected chi connectivity index (χ1v) is 4.10. The van der Waals surface area contributed by atoms with Crippen LogP contribution in [0.5, 0.6) is 0 Å². The summed E-state index contributed by atoms with van der Waals surface area (Å²) < 4.78 is 12.0. The van der Waals surface area contributed by atoms with Crippen LogP contribution in [0.1, 0.15) is 6.92 Å². The van der Waals surface area contributed by atoms with Crippen molar-refractivity contribution in [3.05, 3.63) is 24.3 Å². The third kappa shape index (κ3) is 2.54. The normalized spacial score (nSPS) is 9.50. The van der Waals surface area contributed by atoms with Crippen molar-refractivity contribution in [1.82, 2.24) is 0 Å². The Labute approximate surface area is 74.5 Å². The highest BCUT2D eigenvalue weighted by Gasteiger charge is 1.97. The monoisotopic (exact) mass is 185 g/mol. The maximum Gasteiger partial charge on any atom is 0.221 e. The molecule has 0 bridgehead atoms. The van der Waals surface area contributed by atoms with Crippen LogP contribution in [-0.2, 0) is 4.79 Å². The summed E-state index contributed by atoms with van der Waals surface area (Å²) in [4.78, 5) is 11.1. The van der Waals surface area contributed by atoms with Gasteiger partial charge in [-0.05, 0) is 18.2 Å². The second-order valence-electron chi connectivity index (χ2n) is 2.29. The van der Waals surface area contributed by atoms with Crippen LogP contribution in [0.4, 0.5) is 9.57 Å². The Hall–Kier alpha value is -1.03. The minimum absolute atomic E-state index is 0.156. The number of amides is 1. The van der Waals surface area contributed by atoms with Gasteiger partial charge in [0.1, 0.15) is 0 Å². The molecular formula is C8H8FNOS. The second-order valence-corrected chi connectivity index (χ2v) is 2.91. The third-order valence-corrected chi connectivity index (χ3v) is 1.68. The van der Waals surface area contributed by atoms with Crippen LogP contribution in [0.2, 0.25) is 0 Å². The van der Waals surface area contributed by atoms with Crippen molar-refractivity contribution in [2.75, 3.05) is 5.32 Å². The molecule has 2 nitrogen and oxygen atoms in total. The van der Waals surface area contributed by atoms with Crippen molar-refractivity contribution in [2.45, 2.75) is 11.8 Å². The molecule has 64 valence electrons. The highest BCUT2D eigenvalue weighted by atomic mass is 32.2. The average molecular weight is 185 g/mol. The molecule has 1 aromatic rings. The third-order valence-electron chi connectivity index (χ3n) is 1.24. The first-order chi connectivity index (χ1) is 5.72. The van der Waals surface area contributed by atoms with Crippen molar-refractivity contribution in [1.29, 1.82) is 0 Å². The van der Waals surface area contributed by atoms with Gasteiger partial charge in [-0.3, -0.25) is 4.79 Å². The van der Waals surface area contributed by atoms with Gasteiger partial charge < -0.3 is 5.32 Å². The summed E-state index contributed by atoms with van der Waals surface area (Å²) in [6.45, 7) is 1.41. The molecule has 0 aliphatic heterocycles. The summed E-state index contributed by atoms with van der Waals surface area (Å²) in [6.07, 6.45) is 0. The highest BCUT2D eigenvalue weighted by molar-refractivity contribution is 7.94. The number of carbonyl (C=O) groups excluding carboxylic acids is 1. The van der Waals surface area contributed by atoms with Gasteiger partial charge >= 0.3 is 0 Å². The Bertz CT molecular complexity index is 290. The largest absolute Gasteiger partial charge is 0.326 e. The Morgan fingerprint density at radius 1 is 1.58 bits per heavy atom. The van der Waals surface area contributed by atoms with Gasteiger partial charge in [0.15, 0.2) is 0 Å². The van der Waals surface area contributed by atoms with Crippen LogP contribution in [-0.4, -0.2) is 5.91 Å². The van der Waals surface area contributed by atoms with Crippen LogP contribution in [0.25, 0.3) is 0 Å². The Balaban J connectivity index is 2.79. The van der Waals surface area contributed by atoms with Crippen molar-refractivity contribution in [3.8, 4) is 0 Å². The Morgan fingerprint density at radius 3 is 2.92 bits per heavy atom. The molecule has 1 amide bonds. The maximum atomic E-state index is 12.0.